The zero-order valence-corrected chi connectivity index (χ0v) is 11.6. The Hall–Kier alpha value is -1.06. The third-order valence-corrected chi connectivity index (χ3v) is 3.78. The van der Waals surface area contributed by atoms with Crippen molar-refractivity contribution in [3.8, 4) is 0 Å². The van der Waals surface area contributed by atoms with Crippen LogP contribution in [0.1, 0.15) is 18.9 Å². The summed E-state index contributed by atoms with van der Waals surface area (Å²) in [5.74, 6) is 0. The van der Waals surface area contributed by atoms with E-state index in [1.165, 1.54) is 11.3 Å². The van der Waals surface area contributed by atoms with E-state index in [-0.39, 0.29) is 0 Å². The summed E-state index contributed by atoms with van der Waals surface area (Å²) in [7, 11) is 0. The van der Waals surface area contributed by atoms with Crippen molar-refractivity contribution in [1.29, 1.82) is 0 Å². The lowest BCUT2D eigenvalue weighted by Gasteiger charge is -2.41. The van der Waals surface area contributed by atoms with Gasteiger partial charge in [0.1, 0.15) is 0 Å². The molecule has 1 heterocycles. The molecule has 0 saturated carbocycles. The lowest BCUT2D eigenvalue weighted by molar-refractivity contribution is 0.188. The predicted octanol–water partition coefficient (Wildman–Crippen LogP) is 1.85. The molecule has 0 aromatic heterocycles. The van der Waals surface area contributed by atoms with Gasteiger partial charge in [-0.1, -0.05) is 12.1 Å². The zero-order valence-electron chi connectivity index (χ0n) is 11.6. The molecule has 0 radical (unpaired) electrons. The fourth-order valence-corrected chi connectivity index (χ4v) is 2.68. The smallest absolute Gasteiger partial charge is 0.0369 e. The van der Waals surface area contributed by atoms with Gasteiger partial charge in [0.2, 0.25) is 0 Å². The van der Waals surface area contributed by atoms with Crippen molar-refractivity contribution in [2.45, 2.75) is 26.3 Å². The quantitative estimate of drug-likeness (QED) is 0.881. The number of piperazine rings is 1. The lowest BCUT2D eigenvalue weighted by atomic mass is 10.1. The van der Waals surface area contributed by atoms with Gasteiger partial charge in [0, 0.05) is 31.4 Å². The van der Waals surface area contributed by atoms with Gasteiger partial charge in [-0.2, -0.15) is 0 Å². The first kappa shape index (κ1) is 13.4. The number of aryl methyl sites for hydroxylation is 1. The standard InChI is InChI=1S/C15H25N3/c1-13-5-3-6-15(11-13)18-10-9-17(8-4-7-16)14(2)12-18/h3,5-6,11,14H,4,7-10,12,16H2,1-2H3. The Balaban J connectivity index is 1.95. The van der Waals surface area contributed by atoms with Crippen molar-refractivity contribution in [2.24, 2.45) is 5.73 Å². The highest BCUT2D eigenvalue weighted by molar-refractivity contribution is 5.49. The summed E-state index contributed by atoms with van der Waals surface area (Å²) >= 11 is 0. The third-order valence-electron chi connectivity index (χ3n) is 3.78. The first-order valence-electron chi connectivity index (χ1n) is 6.96. The summed E-state index contributed by atoms with van der Waals surface area (Å²) in [6.45, 7) is 9.80. The highest BCUT2D eigenvalue weighted by Gasteiger charge is 2.23. The van der Waals surface area contributed by atoms with Crippen LogP contribution in [0.2, 0.25) is 0 Å². The molecule has 0 aliphatic carbocycles. The highest BCUT2D eigenvalue weighted by atomic mass is 15.3. The normalized spacial score (nSPS) is 21.3. The molecule has 1 saturated heterocycles. The van der Waals surface area contributed by atoms with Crippen LogP contribution in [0.4, 0.5) is 5.69 Å². The summed E-state index contributed by atoms with van der Waals surface area (Å²) in [4.78, 5) is 5.05. The number of anilines is 1. The fourth-order valence-electron chi connectivity index (χ4n) is 2.68. The minimum Gasteiger partial charge on any atom is -0.369 e. The molecule has 18 heavy (non-hydrogen) atoms. The van der Waals surface area contributed by atoms with Crippen molar-refractivity contribution >= 4 is 5.69 Å². The molecule has 0 spiro atoms. The van der Waals surface area contributed by atoms with Gasteiger partial charge in [0.25, 0.3) is 0 Å². The van der Waals surface area contributed by atoms with Crippen LogP contribution in [0.5, 0.6) is 0 Å². The van der Waals surface area contributed by atoms with Gasteiger partial charge in [-0.25, -0.2) is 0 Å². The van der Waals surface area contributed by atoms with E-state index in [1.807, 2.05) is 0 Å². The maximum atomic E-state index is 5.59. The van der Waals surface area contributed by atoms with Crippen molar-refractivity contribution in [3.05, 3.63) is 29.8 Å². The van der Waals surface area contributed by atoms with Crippen LogP contribution in [0, 0.1) is 6.92 Å². The van der Waals surface area contributed by atoms with E-state index in [0.717, 1.165) is 39.1 Å². The van der Waals surface area contributed by atoms with Crippen molar-refractivity contribution in [1.82, 2.24) is 4.90 Å². The van der Waals surface area contributed by atoms with Gasteiger partial charge >= 0.3 is 0 Å². The molecule has 1 aromatic rings. The SMILES string of the molecule is Cc1cccc(N2CCN(CCCN)C(C)C2)c1. The average molecular weight is 247 g/mol. The van der Waals surface area contributed by atoms with Gasteiger partial charge in [0.15, 0.2) is 0 Å². The second-order valence-corrected chi connectivity index (χ2v) is 5.31. The third kappa shape index (κ3) is 3.24. The van der Waals surface area contributed by atoms with Crippen LogP contribution in [-0.4, -0.2) is 43.7 Å². The Bertz CT molecular complexity index is 378. The first-order chi connectivity index (χ1) is 8.70. The Morgan fingerprint density at radius 3 is 2.83 bits per heavy atom. The van der Waals surface area contributed by atoms with Crippen molar-refractivity contribution in [2.75, 3.05) is 37.6 Å². The monoisotopic (exact) mass is 247 g/mol. The lowest BCUT2D eigenvalue weighted by Crippen LogP contribution is -2.52. The van der Waals surface area contributed by atoms with Crippen molar-refractivity contribution in [3.63, 3.8) is 0 Å². The zero-order chi connectivity index (χ0) is 13.0. The van der Waals surface area contributed by atoms with E-state index in [2.05, 4.69) is 47.9 Å². The molecule has 0 bridgehead atoms. The van der Waals surface area contributed by atoms with E-state index in [4.69, 9.17) is 5.73 Å². The summed E-state index contributed by atoms with van der Waals surface area (Å²) < 4.78 is 0. The summed E-state index contributed by atoms with van der Waals surface area (Å²) in [6.07, 6.45) is 1.11. The maximum Gasteiger partial charge on any atom is 0.0369 e. The van der Waals surface area contributed by atoms with E-state index in [9.17, 15) is 0 Å². The number of rotatable bonds is 4. The Morgan fingerprint density at radius 1 is 1.33 bits per heavy atom. The van der Waals surface area contributed by atoms with Gasteiger partial charge in [-0.3, -0.25) is 4.90 Å². The van der Waals surface area contributed by atoms with E-state index < -0.39 is 0 Å². The van der Waals surface area contributed by atoms with Crippen LogP contribution < -0.4 is 10.6 Å². The fraction of sp³-hybridized carbons (Fsp3) is 0.600. The number of nitrogens with zero attached hydrogens (tertiary/aromatic N) is 2. The first-order valence-corrected chi connectivity index (χ1v) is 6.96. The average Bonchev–Trinajstić information content (AvgIpc) is 2.37. The van der Waals surface area contributed by atoms with Crippen LogP contribution >= 0.6 is 0 Å². The number of nitrogens with two attached hydrogens (primary N) is 1. The van der Waals surface area contributed by atoms with Crippen LogP contribution in [0.25, 0.3) is 0 Å². The Morgan fingerprint density at radius 2 is 2.17 bits per heavy atom. The molecule has 0 amide bonds. The molecule has 1 atom stereocenters. The van der Waals surface area contributed by atoms with Crippen LogP contribution in [-0.2, 0) is 0 Å². The molecule has 1 unspecified atom stereocenters. The molecule has 1 aliphatic rings. The molecule has 3 nitrogen and oxygen atoms in total. The van der Waals surface area contributed by atoms with Gasteiger partial charge < -0.3 is 10.6 Å². The largest absolute Gasteiger partial charge is 0.369 e. The van der Waals surface area contributed by atoms with Gasteiger partial charge in [0.05, 0.1) is 0 Å². The maximum absolute atomic E-state index is 5.59. The molecular weight excluding hydrogens is 222 g/mol. The molecule has 1 aliphatic heterocycles. The highest BCUT2D eigenvalue weighted by Crippen LogP contribution is 2.20. The second-order valence-electron chi connectivity index (χ2n) is 5.31. The minimum atomic E-state index is 0.616. The summed E-state index contributed by atoms with van der Waals surface area (Å²) in [6, 6.07) is 9.42. The van der Waals surface area contributed by atoms with Crippen molar-refractivity contribution < 1.29 is 0 Å². The molecule has 3 heteroatoms. The molecule has 2 N–H and O–H groups in total. The number of hydrogen-bond donors (Lipinski definition) is 1. The Kier molecular flexibility index (Phi) is 4.61. The van der Waals surface area contributed by atoms with Gasteiger partial charge in [-0.05, 0) is 51.1 Å². The van der Waals surface area contributed by atoms with Crippen LogP contribution in [0.3, 0.4) is 0 Å². The number of benzene rings is 1. The minimum absolute atomic E-state index is 0.616. The van der Waals surface area contributed by atoms with Crippen LogP contribution in [0.15, 0.2) is 24.3 Å². The Labute approximate surface area is 111 Å². The second kappa shape index (κ2) is 6.21. The molecule has 1 fully saturated rings. The predicted molar refractivity (Wildman–Crippen MR) is 78.1 cm³/mol. The van der Waals surface area contributed by atoms with Gasteiger partial charge in [-0.15, -0.1) is 0 Å². The summed E-state index contributed by atoms with van der Waals surface area (Å²) in [5.41, 5.74) is 8.29. The molecule has 1 aromatic carbocycles. The van der Waals surface area contributed by atoms with E-state index in [0.29, 0.717) is 6.04 Å². The molecule has 2 rings (SSSR count). The summed E-state index contributed by atoms with van der Waals surface area (Å²) in [5, 5.41) is 0. The molecular formula is C15H25N3. The van der Waals surface area contributed by atoms with E-state index >= 15 is 0 Å². The molecule has 100 valence electrons. The topological polar surface area (TPSA) is 32.5 Å². The number of hydrogen-bond acceptors (Lipinski definition) is 3. The van der Waals surface area contributed by atoms with E-state index in [1.54, 1.807) is 0 Å².